The summed E-state index contributed by atoms with van der Waals surface area (Å²) in [5.41, 5.74) is 0.501. The summed E-state index contributed by atoms with van der Waals surface area (Å²) in [7, 11) is 0. The van der Waals surface area contributed by atoms with Gasteiger partial charge in [-0.25, -0.2) is 4.39 Å². The highest BCUT2D eigenvalue weighted by atomic mass is 32.1. The van der Waals surface area contributed by atoms with Gasteiger partial charge in [0.2, 0.25) is 0 Å². The molecule has 0 aromatic heterocycles. The van der Waals surface area contributed by atoms with Gasteiger partial charge in [0.15, 0.2) is 10.8 Å². The highest BCUT2D eigenvalue weighted by Gasteiger charge is 2.07. The van der Waals surface area contributed by atoms with Gasteiger partial charge in [-0.3, -0.25) is 4.79 Å². The predicted octanol–water partition coefficient (Wildman–Crippen LogP) is 3.15. The molecule has 1 aromatic rings. The van der Waals surface area contributed by atoms with E-state index in [-0.39, 0.29) is 11.6 Å². The lowest BCUT2D eigenvalue weighted by atomic mass is 10.1. The van der Waals surface area contributed by atoms with E-state index in [4.69, 9.17) is 17.0 Å². The summed E-state index contributed by atoms with van der Waals surface area (Å²) in [6, 6.07) is 5.49. The van der Waals surface area contributed by atoms with Crippen LogP contribution in [-0.2, 0) is 4.74 Å². The number of thiocarbonyl (C=S) groups is 1. The Labute approximate surface area is 99.4 Å². The van der Waals surface area contributed by atoms with Crippen LogP contribution >= 0.6 is 12.2 Å². The molecule has 86 valence electrons. The van der Waals surface area contributed by atoms with Gasteiger partial charge in [0.05, 0.1) is 6.61 Å². The molecular formula is C12H13FO2S. The molecule has 1 aromatic carbocycles. The number of hydrogen-bond donors (Lipinski definition) is 0. The van der Waals surface area contributed by atoms with Gasteiger partial charge in [0, 0.05) is 18.4 Å². The van der Waals surface area contributed by atoms with Gasteiger partial charge < -0.3 is 4.74 Å². The molecule has 0 bridgehead atoms. The highest BCUT2D eigenvalue weighted by molar-refractivity contribution is 7.80. The van der Waals surface area contributed by atoms with E-state index >= 15 is 0 Å². The Bertz CT molecular complexity index is 373. The molecule has 0 aliphatic heterocycles. The van der Waals surface area contributed by atoms with Crippen LogP contribution in [0.4, 0.5) is 4.39 Å². The average molecular weight is 240 g/mol. The summed E-state index contributed by atoms with van der Waals surface area (Å²) in [6.07, 6.45) is 0.726. The van der Waals surface area contributed by atoms with Gasteiger partial charge in [-0.15, -0.1) is 0 Å². The zero-order chi connectivity index (χ0) is 12.0. The molecule has 0 heterocycles. The summed E-state index contributed by atoms with van der Waals surface area (Å²) in [5, 5.41) is 0.443. The van der Waals surface area contributed by atoms with Crippen LogP contribution in [-0.4, -0.2) is 17.4 Å². The standard InChI is InChI=1S/C12H13FO2S/c1-2-15-12(16)8-7-11(14)9-3-5-10(13)6-4-9/h3-6H,2,7-8H2,1H3. The molecule has 0 amide bonds. The highest BCUT2D eigenvalue weighted by Crippen LogP contribution is 2.08. The molecule has 0 unspecified atom stereocenters. The number of Topliss-reactive ketones (excluding diaryl/α,β-unsaturated/α-hetero) is 1. The maximum atomic E-state index is 12.6. The first-order valence-electron chi connectivity index (χ1n) is 5.08. The Balaban J connectivity index is 2.47. The first kappa shape index (κ1) is 12.8. The van der Waals surface area contributed by atoms with Crippen LogP contribution in [0.2, 0.25) is 0 Å². The van der Waals surface area contributed by atoms with Gasteiger partial charge in [-0.05, 0) is 43.4 Å². The van der Waals surface area contributed by atoms with Crippen molar-refractivity contribution in [1.29, 1.82) is 0 Å². The zero-order valence-electron chi connectivity index (χ0n) is 9.03. The predicted molar refractivity (Wildman–Crippen MR) is 64.2 cm³/mol. The van der Waals surface area contributed by atoms with Crippen molar-refractivity contribution >= 4 is 23.1 Å². The monoisotopic (exact) mass is 240 g/mol. The number of ether oxygens (including phenoxy) is 1. The van der Waals surface area contributed by atoms with Crippen molar-refractivity contribution in [3.05, 3.63) is 35.6 Å². The van der Waals surface area contributed by atoms with Crippen molar-refractivity contribution in [3.63, 3.8) is 0 Å². The fourth-order valence-electron chi connectivity index (χ4n) is 1.23. The van der Waals surface area contributed by atoms with Gasteiger partial charge in [-0.1, -0.05) is 0 Å². The van der Waals surface area contributed by atoms with Crippen LogP contribution in [0.5, 0.6) is 0 Å². The number of carbonyl (C=O) groups excluding carboxylic acids is 1. The lowest BCUT2D eigenvalue weighted by molar-refractivity contribution is 0.0983. The second kappa shape index (κ2) is 6.33. The van der Waals surface area contributed by atoms with Gasteiger partial charge >= 0.3 is 0 Å². The van der Waals surface area contributed by atoms with E-state index in [0.29, 0.717) is 30.1 Å². The lowest BCUT2D eigenvalue weighted by Gasteiger charge is -2.04. The van der Waals surface area contributed by atoms with Gasteiger partial charge in [0.1, 0.15) is 5.82 Å². The maximum absolute atomic E-state index is 12.6. The van der Waals surface area contributed by atoms with Crippen LogP contribution < -0.4 is 0 Å². The fourth-order valence-corrected chi connectivity index (χ4v) is 1.45. The second-order valence-electron chi connectivity index (χ2n) is 3.24. The number of ketones is 1. The van der Waals surface area contributed by atoms with E-state index in [1.165, 1.54) is 24.3 Å². The van der Waals surface area contributed by atoms with E-state index in [1.54, 1.807) is 0 Å². The quantitative estimate of drug-likeness (QED) is 0.584. The van der Waals surface area contributed by atoms with Crippen LogP contribution in [0.25, 0.3) is 0 Å². The maximum Gasteiger partial charge on any atom is 0.163 e. The normalized spacial score (nSPS) is 9.88. The number of rotatable bonds is 5. The molecule has 0 radical (unpaired) electrons. The molecule has 0 saturated heterocycles. The van der Waals surface area contributed by atoms with Crippen molar-refractivity contribution < 1.29 is 13.9 Å². The fraction of sp³-hybridized carbons (Fsp3) is 0.333. The molecule has 0 fully saturated rings. The molecular weight excluding hydrogens is 227 g/mol. The third-order valence-corrected chi connectivity index (χ3v) is 2.35. The molecule has 0 atom stereocenters. The summed E-state index contributed by atoms with van der Waals surface area (Å²) >= 11 is 4.91. The van der Waals surface area contributed by atoms with E-state index in [1.807, 2.05) is 6.92 Å². The molecule has 0 aliphatic carbocycles. The Morgan fingerprint density at radius 1 is 1.31 bits per heavy atom. The number of halogens is 1. The van der Waals surface area contributed by atoms with Crippen molar-refractivity contribution in [2.24, 2.45) is 0 Å². The SMILES string of the molecule is CCOC(=S)CCC(=O)c1ccc(F)cc1. The topological polar surface area (TPSA) is 26.3 Å². The Morgan fingerprint density at radius 2 is 1.94 bits per heavy atom. The number of benzene rings is 1. The van der Waals surface area contributed by atoms with E-state index in [0.717, 1.165) is 0 Å². The molecule has 0 saturated carbocycles. The Kier molecular flexibility index (Phi) is 5.05. The Hall–Kier alpha value is -1.29. The molecule has 0 N–H and O–H groups in total. The van der Waals surface area contributed by atoms with E-state index < -0.39 is 0 Å². The largest absolute Gasteiger partial charge is 0.487 e. The summed E-state index contributed by atoms with van der Waals surface area (Å²) < 4.78 is 17.7. The van der Waals surface area contributed by atoms with E-state index in [2.05, 4.69) is 0 Å². The minimum Gasteiger partial charge on any atom is -0.487 e. The lowest BCUT2D eigenvalue weighted by Crippen LogP contribution is -2.06. The molecule has 2 nitrogen and oxygen atoms in total. The third kappa shape index (κ3) is 4.06. The molecule has 16 heavy (non-hydrogen) atoms. The third-order valence-electron chi connectivity index (χ3n) is 2.03. The van der Waals surface area contributed by atoms with Crippen LogP contribution in [0.3, 0.4) is 0 Å². The first-order valence-corrected chi connectivity index (χ1v) is 5.48. The number of carbonyl (C=O) groups is 1. The van der Waals surface area contributed by atoms with Crippen molar-refractivity contribution in [2.45, 2.75) is 19.8 Å². The van der Waals surface area contributed by atoms with Crippen LogP contribution in [0, 0.1) is 5.82 Å². The first-order chi connectivity index (χ1) is 7.63. The van der Waals surface area contributed by atoms with Crippen LogP contribution in [0.1, 0.15) is 30.1 Å². The minimum absolute atomic E-state index is 0.0537. The summed E-state index contributed by atoms with van der Waals surface area (Å²) in [4.78, 5) is 11.6. The van der Waals surface area contributed by atoms with Gasteiger partial charge in [-0.2, -0.15) is 0 Å². The van der Waals surface area contributed by atoms with Gasteiger partial charge in [0.25, 0.3) is 0 Å². The number of hydrogen-bond acceptors (Lipinski definition) is 3. The van der Waals surface area contributed by atoms with Crippen molar-refractivity contribution in [1.82, 2.24) is 0 Å². The van der Waals surface area contributed by atoms with Crippen molar-refractivity contribution in [3.8, 4) is 0 Å². The molecule has 0 spiro atoms. The van der Waals surface area contributed by atoms with E-state index in [9.17, 15) is 9.18 Å². The summed E-state index contributed by atoms with van der Waals surface area (Å²) in [5.74, 6) is -0.400. The Morgan fingerprint density at radius 3 is 2.50 bits per heavy atom. The zero-order valence-corrected chi connectivity index (χ0v) is 9.85. The average Bonchev–Trinajstić information content (AvgIpc) is 2.27. The molecule has 0 aliphatic rings. The smallest absolute Gasteiger partial charge is 0.163 e. The molecule has 1 rings (SSSR count). The minimum atomic E-state index is -0.346. The van der Waals surface area contributed by atoms with Crippen LogP contribution in [0.15, 0.2) is 24.3 Å². The second-order valence-corrected chi connectivity index (χ2v) is 3.69. The summed E-state index contributed by atoms with van der Waals surface area (Å²) in [6.45, 7) is 2.36. The molecule has 4 heteroatoms. The van der Waals surface area contributed by atoms with Crippen molar-refractivity contribution in [2.75, 3.05) is 6.61 Å².